The van der Waals surface area contributed by atoms with Crippen LogP contribution >= 0.6 is 0 Å². The van der Waals surface area contributed by atoms with Crippen molar-refractivity contribution >= 4 is 5.91 Å². The lowest BCUT2D eigenvalue weighted by Gasteiger charge is -2.27. The summed E-state index contributed by atoms with van der Waals surface area (Å²) in [6.45, 7) is 4.40. The Kier molecular flexibility index (Phi) is 6.11. The highest BCUT2D eigenvalue weighted by atomic mass is 16.5. The van der Waals surface area contributed by atoms with E-state index in [1.165, 1.54) is 0 Å². The van der Waals surface area contributed by atoms with Crippen molar-refractivity contribution < 1.29 is 14.6 Å². The predicted octanol–water partition coefficient (Wildman–Crippen LogP) is 0.856. The highest BCUT2D eigenvalue weighted by Gasteiger charge is 2.21. The van der Waals surface area contributed by atoms with Crippen LogP contribution in [0.15, 0.2) is 12.7 Å². The molecule has 1 amide bonds. The van der Waals surface area contributed by atoms with Gasteiger partial charge in [-0.1, -0.05) is 6.08 Å². The zero-order valence-electron chi connectivity index (χ0n) is 9.65. The molecule has 0 spiro atoms. The van der Waals surface area contributed by atoms with Gasteiger partial charge in [-0.2, -0.15) is 0 Å². The van der Waals surface area contributed by atoms with Gasteiger partial charge >= 0.3 is 0 Å². The standard InChI is InChI=1S/C12H21NO3/c1-2-7-13-12(15)9-16-11-5-3-10(8-14)4-6-11/h2,10-11,14H,1,3-9H2,(H,13,15). The maximum Gasteiger partial charge on any atom is 0.246 e. The number of amides is 1. The second-order valence-electron chi connectivity index (χ2n) is 4.23. The number of carbonyl (C=O) groups is 1. The number of hydrogen-bond donors (Lipinski definition) is 2. The van der Waals surface area contributed by atoms with E-state index in [0.717, 1.165) is 25.7 Å². The van der Waals surface area contributed by atoms with Gasteiger partial charge in [-0.15, -0.1) is 6.58 Å². The smallest absolute Gasteiger partial charge is 0.246 e. The Balaban J connectivity index is 2.10. The Hall–Kier alpha value is -0.870. The molecule has 16 heavy (non-hydrogen) atoms. The lowest BCUT2D eigenvalue weighted by Crippen LogP contribution is -2.31. The normalized spacial score (nSPS) is 25.1. The number of nitrogens with one attached hydrogen (secondary N) is 1. The summed E-state index contributed by atoms with van der Waals surface area (Å²) in [7, 11) is 0. The molecule has 0 saturated heterocycles. The van der Waals surface area contributed by atoms with Crippen molar-refractivity contribution in [3.63, 3.8) is 0 Å². The van der Waals surface area contributed by atoms with Crippen molar-refractivity contribution in [2.75, 3.05) is 19.8 Å². The number of hydrogen-bond acceptors (Lipinski definition) is 3. The van der Waals surface area contributed by atoms with Crippen LogP contribution in [-0.2, 0) is 9.53 Å². The van der Waals surface area contributed by atoms with Crippen molar-refractivity contribution in [1.82, 2.24) is 5.32 Å². The number of carbonyl (C=O) groups excluding carboxylic acids is 1. The molecule has 1 aliphatic carbocycles. The van der Waals surface area contributed by atoms with Crippen molar-refractivity contribution in [2.24, 2.45) is 5.92 Å². The van der Waals surface area contributed by atoms with Crippen molar-refractivity contribution in [3.8, 4) is 0 Å². The van der Waals surface area contributed by atoms with E-state index in [9.17, 15) is 4.79 Å². The lowest BCUT2D eigenvalue weighted by molar-refractivity contribution is -0.128. The summed E-state index contributed by atoms with van der Waals surface area (Å²) in [5, 5.41) is 11.6. The molecule has 4 heteroatoms. The monoisotopic (exact) mass is 227 g/mol. The molecule has 0 aliphatic heterocycles. The fraction of sp³-hybridized carbons (Fsp3) is 0.750. The molecule has 1 aliphatic rings. The second-order valence-corrected chi connectivity index (χ2v) is 4.23. The fourth-order valence-corrected chi connectivity index (χ4v) is 1.91. The van der Waals surface area contributed by atoms with Crippen LogP contribution in [0, 0.1) is 5.92 Å². The van der Waals surface area contributed by atoms with Crippen LogP contribution in [0.1, 0.15) is 25.7 Å². The van der Waals surface area contributed by atoms with Gasteiger partial charge in [0.25, 0.3) is 0 Å². The predicted molar refractivity (Wildman–Crippen MR) is 62.0 cm³/mol. The van der Waals surface area contributed by atoms with Crippen molar-refractivity contribution in [2.45, 2.75) is 31.8 Å². The van der Waals surface area contributed by atoms with Gasteiger partial charge in [-0.25, -0.2) is 0 Å². The Bertz CT molecular complexity index is 222. The molecule has 0 aromatic heterocycles. The fourth-order valence-electron chi connectivity index (χ4n) is 1.91. The molecule has 0 aromatic carbocycles. The van der Waals surface area contributed by atoms with Crippen LogP contribution in [-0.4, -0.2) is 36.9 Å². The third kappa shape index (κ3) is 4.77. The molecular formula is C12H21NO3. The third-order valence-corrected chi connectivity index (χ3v) is 2.95. The molecule has 0 radical (unpaired) electrons. The molecular weight excluding hydrogens is 206 g/mol. The van der Waals surface area contributed by atoms with E-state index in [1.807, 2.05) is 0 Å². The van der Waals surface area contributed by atoms with E-state index in [1.54, 1.807) is 6.08 Å². The minimum Gasteiger partial charge on any atom is -0.396 e. The SMILES string of the molecule is C=CCNC(=O)COC1CCC(CO)CC1. The first-order valence-electron chi connectivity index (χ1n) is 5.86. The van der Waals surface area contributed by atoms with E-state index in [4.69, 9.17) is 9.84 Å². The third-order valence-electron chi connectivity index (χ3n) is 2.95. The van der Waals surface area contributed by atoms with E-state index in [2.05, 4.69) is 11.9 Å². The van der Waals surface area contributed by atoms with Gasteiger partial charge in [-0.3, -0.25) is 4.79 Å². The molecule has 2 N–H and O–H groups in total. The molecule has 1 rings (SSSR count). The van der Waals surface area contributed by atoms with Crippen LogP contribution in [0.3, 0.4) is 0 Å². The minimum atomic E-state index is -0.0934. The topological polar surface area (TPSA) is 58.6 Å². The Morgan fingerprint density at radius 2 is 2.12 bits per heavy atom. The molecule has 0 bridgehead atoms. The van der Waals surface area contributed by atoms with Crippen LogP contribution in [0.2, 0.25) is 0 Å². The average Bonchev–Trinajstić information content (AvgIpc) is 2.34. The number of aliphatic hydroxyl groups excluding tert-OH is 1. The first kappa shape index (κ1) is 13.2. The minimum absolute atomic E-state index is 0.0934. The highest BCUT2D eigenvalue weighted by Crippen LogP contribution is 2.25. The summed E-state index contributed by atoms with van der Waals surface area (Å²) in [6.07, 6.45) is 5.70. The van der Waals surface area contributed by atoms with Gasteiger partial charge in [0.2, 0.25) is 5.91 Å². The largest absolute Gasteiger partial charge is 0.396 e. The number of aliphatic hydroxyl groups is 1. The Labute approximate surface area is 96.7 Å². The van der Waals surface area contributed by atoms with Crippen LogP contribution < -0.4 is 5.32 Å². The molecule has 0 heterocycles. The van der Waals surface area contributed by atoms with Gasteiger partial charge in [0, 0.05) is 13.2 Å². The molecule has 1 saturated carbocycles. The van der Waals surface area contributed by atoms with E-state index >= 15 is 0 Å². The van der Waals surface area contributed by atoms with Gasteiger partial charge in [-0.05, 0) is 31.6 Å². The second kappa shape index (κ2) is 7.41. The van der Waals surface area contributed by atoms with Gasteiger partial charge in [0.1, 0.15) is 6.61 Å². The Morgan fingerprint density at radius 3 is 2.69 bits per heavy atom. The van der Waals surface area contributed by atoms with Gasteiger partial charge in [0.15, 0.2) is 0 Å². The first-order valence-corrected chi connectivity index (χ1v) is 5.86. The maximum absolute atomic E-state index is 11.2. The molecule has 0 unspecified atom stereocenters. The first-order chi connectivity index (χ1) is 7.76. The van der Waals surface area contributed by atoms with Crippen molar-refractivity contribution in [1.29, 1.82) is 0 Å². The highest BCUT2D eigenvalue weighted by molar-refractivity contribution is 5.77. The van der Waals surface area contributed by atoms with Crippen molar-refractivity contribution in [3.05, 3.63) is 12.7 Å². The van der Waals surface area contributed by atoms with E-state index in [0.29, 0.717) is 12.5 Å². The summed E-state index contributed by atoms with van der Waals surface area (Å²) >= 11 is 0. The molecule has 1 fully saturated rings. The Morgan fingerprint density at radius 1 is 1.44 bits per heavy atom. The molecule has 0 aromatic rings. The van der Waals surface area contributed by atoms with Crippen LogP contribution in [0.4, 0.5) is 0 Å². The van der Waals surface area contributed by atoms with Gasteiger partial charge < -0.3 is 15.2 Å². The number of ether oxygens (including phenoxy) is 1. The molecule has 0 atom stereocenters. The van der Waals surface area contributed by atoms with E-state index in [-0.39, 0.29) is 25.2 Å². The van der Waals surface area contributed by atoms with Crippen LogP contribution in [0.25, 0.3) is 0 Å². The average molecular weight is 227 g/mol. The molecule has 92 valence electrons. The van der Waals surface area contributed by atoms with E-state index < -0.39 is 0 Å². The zero-order chi connectivity index (χ0) is 11.8. The number of rotatable bonds is 6. The maximum atomic E-state index is 11.2. The zero-order valence-corrected chi connectivity index (χ0v) is 9.65. The summed E-state index contributed by atoms with van der Waals surface area (Å²) in [5.41, 5.74) is 0. The van der Waals surface area contributed by atoms with Crippen LogP contribution in [0.5, 0.6) is 0 Å². The quantitative estimate of drug-likeness (QED) is 0.662. The van der Waals surface area contributed by atoms with Gasteiger partial charge in [0.05, 0.1) is 6.10 Å². The summed E-state index contributed by atoms with van der Waals surface area (Å²) in [4.78, 5) is 11.2. The summed E-state index contributed by atoms with van der Waals surface area (Å²) in [6, 6.07) is 0. The lowest BCUT2D eigenvalue weighted by atomic mass is 9.88. The summed E-state index contributed by atoms with van der Waals surface area (Å²) in [5.74, 6) is 0.332. The molecule has 4 nitrogen and oxygen atoms in total. The summed E-state index contributed by atoms with van der Waals surface area (Å²) < 4.78 is 5.51.